The van der Waals surface area contributed by atoms with Gasteiger partial charge in [-0.25, -0.2) is 0 Å². The van der Waals surface area contributed by atoms with Crippen LogP contribution in [0.4, 0.5) is 0 Å². The Balaban J connectivity index is 1.51. The molecule has 158 valence electrons. The number of aromatic nitrogens is 1. The van der Waals surface area contributed by atoms with E-state index in [1.54, 1.807) is 28.7 Å². The zero-order valence-electron chi connectivity index (χ0n) is 17.0. The third kappa shape index (κ3) is 3.76. The number of ether oxygens (including phenoxy) is 2. The van der Waals surface area contributed by atoms with Gasteiger partial charge in [-0.2, -0.15) is 0 Å². The molecule has 0 saturated carbocycles. The van der Waals surface area contributed by atoms with Crippen LogP contribution in [-0.4, -0.2) is 62.0 Å². The Labute approximate surface area is 173 Å². The van der Waals surface area contributed by atoms with Crippen molar-refractivity contribution in [3.63, 3.8) is 0 Å². The smallest absolute Gasteiger partial charge is 0.274 e. The molecule has 0 radical (unpaired) electrons. The number of pyridine rings is 1. The molecule has 4 rings (SSSR count). The van der Waals surface area contributed by atoms with Crippen LogP contribution >= 0.6 is 0 Å². The Morgan fingerprint density at radius 2 is 2.10 bits per heavy atom. The molecule has 1 aromatic heterocycles. The number of carbonyl (C=O) groups excluding carboxylic acids is 2. The van der Waals surface area contributed by atoms with Crippen molar-refractivity contribution in [2.24, 2.45) is 0 Å². The predicted octanol–water partition coefficient (Wildman–Crippen LogP) is 0.341. The van der Waals surface area contributed by atoms with Crippen molar-refractivity contribution in [2.75, 3.05) is 45.6 Å². The van der Waals surface area contributed by atoms with E-state index in [2.05, 4.69) is 5.32 Å². The number of rotatable bonds is 6. The minimum absolute atomic E-state index is 0.00626. The Morgan fingerprint density at radius 3 is 2.90 bits per heavy atom. The van der Waals surface area contributed by atoms with Gasteiger partial charge in [0.15, 0.2) is 5.43 Å². The van der Waals surface area contributed by atoms with Crippen molar-refractivity contribution in [2.45, 2.75) is 13.0 Å². The first-order valence-corrected chi connectivity index (χ1v) is 9.77. The maximum atomic E-state index is 12.7. The molecule has 0 spiro atoms. The molecule has 0 bridgehead atoms. The van der Waals surface area contributed by atoms with Crippen molar-refractivity contribution in [3.8, 4) is 5.75 Å². The van der Waals surface area contributed by atoms with E-state index < -0.39 is 11.3 Å². The molecule has 0 unspecified atom stereocenters. The quantitative estimate of drug-likeness (QED) is 0.736. The van der Waals surface area contributed by atoms with Crippen molar-refractivity contribution < 1.29 is 19.1 Å². The number of hydrogen-bond donors (Lipinski definition) is 1. The molecule has 2 aliphatic heterocycles. The fraction of sp³-hybridized carbons (Fsp3) is 0.381. The number of hydrogen-bond acceptors (Lipinski definition) is 6. The summed E-state index contributed by atoms with van der Waals surface area (Å²) in [5, 5.41) is 4.56. The molecule has 9 heteroatoms. The highest BCUT2D eigenvalue weighted by Crippen LogP contribution is 2.25. The Morgan fingerprint density at radius 1 is 1.27 bits per heavy atom. The summed E-state index contributed by atoms with van der Waals surface area (Å²) in [6.45, 7) is 2.12. The molecule has 2 amide bonds. The Bertz CT molecular complexity index is 1050. The monoisotopic (exact) mass is 412 g/mol. The van der Waals surface area contributed by atoms with Gasteiger partial charge in [-0.1, -0.05) is 12.1 Å². The number of amides is 2. The molecule has 3 heterocycles. The van der Waals surface area contributed by atoms with Gasteiger partial charge in [0, 0.05) is 45.9 Å². The third-order valence-corrected chi connectivity index (χ3v) is 5.30. The molecule has 0 aliphatic carbocycles. The summed E-state index contributed by atoms with van der Waals surface area (Å²) >= 11 is 0. The molecule has 2 aliphatic rings. The summed E-state index contributed by atoms with van der Waals surface area (Å²) in [6, 6.07) is 7.02. The number of nitrogens with one attached hydrogen (secondary N) is 1. The predicted molar refractivity (Wildman–Crippen MR) is 109 cm³/mol. The van der Waals surface area contributed by atoms with E-state index in [0.29, 0.717) is 33.0 Å². The van der Waals surface area contributed by atoms with Crippen LogP contribution in [0.15, 0.2) is 35.3 Å². The zero-order chi connectivity index (χ0) is 21.3. The van der Waals surface area contributed by atoms with Crippen molar-refractivity contribution in [1.82, 2.24) is 14.9 Å². The topological polar surface area (TPSA) is 93.1 Å². The summed E-state index contributed by atoms with van der Waals surface area (Å²) < 4.78 is 12.1. The van der Waals surface area contributed by atoms with Gasteiger partial charge in [0.05, 0.1) is 13.2 Å². The van der Waals surface area contributed by atoms with Crippen molar-refractivity contribution in [3.05, 3.63) is 63.1 Å². The molecule has 0 atom stereocenters. The van der Waals surface area contributed by atoms with Gasteiger partial charge in [0.1, 0.15) is 23.7 Å². The second-order valence-corrected chi connectivity index (χ2v) is 7.36. The van der Waals surface area contributed by atoms with Crippen LogP contribution in [0, 0.1) is 0 Å². The highest BCUT2D eigenvalue weighted by atomic mass is 16.5. The van der Waals surface area contributed by atoms with Gasteiger partial charge in [-0.3, -0.25) is 24.1 Å². The van der Waals surface area contributed by atoms with Crippen molar-refractivity contribution in [1.29, 1.82) is 0 Å². The summed E-state index contributed by atoms with van der Waals surface area (Å²) in [5.74, 6) is 0.134. The lowest BCUT2D eigenvalue weighted by atomic mass is 10.1. The third-order valence-electron chi connectivity index (χ3n) is 5.30. The lowest BCUT2D eigenvalue weighted by molar-refractivity contribution is 0.0634. The second-order valence-electron chi connectivity index (χ2n) is 7.36. The van der Waals surface area contributed by atoms with Crippen LogP contribution in [0.1, 0.15) is 32.0 Å². The fourth-order valence-electron chi connectivity index (χ4n) is 3.68. The van der Waals surface area contributed by atoms with Gasteiger partial charge >= 0.3 is 0 Å². The summed E-state index contributed by atoms with van der Waals surface area (Å²) in [7, 11) is 3.35. The molecular formula is C21H24N4O5. The molecular weight excluding hydrogens is 388 g/mol. The average molecular weight is 412 g/mol. The van der Waals surface area contributed by atoms with Crippen LogP contribution < -0.4 is 20.5 Å². The summed E-state index contributed by atoms with van der Waals surface area (Å²) in [5.41, 5.74) is 1.78. The zero-order valence-corrected chi connectivity index (χ0v) is 17.0. The van der Waals surface area contributed by atoms with E-state index >= 15 is 0 Å². The highest BCUT2D eigenvalue weighted by Gasteiger charge is 2.28. The molecule has 2 aromatic rings. The molecule has 0 saturated heterocycles. The Hall–Kier alpha value is -3.33. The number of fused-ring (bicyclic) bond motifs is 2. The van der Waals surface area contributed by atoms with Crippen molar-refractivity contribution >= 4 is 11.8 Å². The number of methoxy groups -OCH3 is 1. The lowest BCUT2D eigenvalue weighted by Crippen LogP contribution is -2.53. The summed E-state index contributed by atoms with van der Waals surface area (Å²) in [4.78, 5) is 39.5. The first kappa shape index (κ1) is 20.0. The molecule has 9 nitrogen and oxygen atoms in total. The highest BCUT2D eigenvalue weighted by molar-refractivity contribution is 5.97. The number of nitrogens with zero attached hydrogens (tertiary/aromatic N) is 3. The van der Waals surface area contributed by atoms with Crippen LogP contribution in [0.5, 0.6) is 5.75 Å². The first-order chi connectivity index (χ1) is 14.5. The van der Waals surface area contributed by atoms with E-state index in [4.69, 9.17) is 9.47 Å². The maximum absolute atomic E-state index is 12.7. The fourth-order valence-corrected chi connectivity index (χ4v) is 3.68. The van der Waals surface area contributed by atoms with E-state index in [-0.39, 0.29) is 17.2 Å². The summed E-state index contributed by atoms with van der Waals surface area (Å²) in [6.07, 6.45) is 2.28. The minimum Gasteiger partial charge on any atom is -0.493 e. The van der Waals surface area contributed by atoms with Crippen LogP contribution in [0.2, 0.25) is 0 Å². The number of benzene rings is 1. The standard InChI is InChI=1S/C21H24N4O5/c1-23-13-24(6-8-29-2)21(28)17-10-18(26)16(12-25(17)23)20(27)22-11-14-3-4-19-15(9-14)5-7-30-19/h3-4,9-10,12H,5-8,11,13H2,1-2H3,(H,22,27). The number of carbonyl (C=O) groups is 2. The molecule has 1 aromatic carbocycles. The normalized spacial score (nSPS) is 14.9. The van der Waals surface area contributed by atoms with Gasteiger partial charge in [-0.05, 0) is 17.2 Å². The van der Waals surface area contributed by atoms with E-state index in [1.165, 1.54) is 12.3 Å². The average Bonchev–Trinajstić information content (AvgIpc) is 3.21. The van der Waals surface area contributed by atoms with Gasteiger partial charge < -0.3 is 19.7 Å². The second kappa shape index (κ2) is 8.19. The van der Waals surface area contributed by atoms with E-state index in [9.17, 15) is 14.4 Å². The molecule has 30 heavy (non-hydrogen) atoms. The largest absolute Gasteiger partial charge is 0.493 e. The van der Waals surface area contributed by atoms with Crippen LogP contribution in [-0.2, 0) is 17.7 Å². The van der Waals surface area contributed by atoms with E-state index in [0.717, 1.165) is 23.3 Å². The SMILES string of the molecule is COCCN1CN(C)n2cc(C(=O)NCc3ccc4c(c3)CCO4)c(=O)cc2C1=O. The van der Waals surface area contributed by atoms with E-state index in [1.807, 2.05) is 18.2 Å². The lowest BCUT2D eigenvalue weighted by Gasteiger charge is -2.37. The van der Waals surface area contributed by atoms with Gasteiger partial charge in [0.2, 0.25) is 0 Å². The maximum Gasteiger partial charge on any atom is 0.274 e. The van der Waals surface area contributed by atoms with Gasteiger partial charge in [-0.15, -0.1) is 0 Å². The first-order valence-electron chi connectivity index (χ1n) is 9.77. The van der Waals surface area contributed by atoms with Crippen LogP contribution in [0.3, 0.4) is 0 Å². The van der Waals surface area contributed by atoms with Gasteiger partial charge in [0.25, 0.3) is 11.8 Å². The Kier molecular flexibility index (Phi) is 5.45. The minimum atomic E-state index is -0.489. The van der Waals surface area contributed by atoms with Crippen LogP contribution in [0.25, 0.3) is 0 Å². The molecule has 1 N–H and O–H groups in total. The molecule has 0 fully saturated rings.